The van der Waals surface area contributed by atoms with E-state index < -0.39 is 0 Å². The summed E-state index contributed by atoms with van der Waals surface area (Å²) < 4.78 is 5.16. The number of aryl methyl sites for hydroxylation is 2. The van der Waals surface area contributed by atoms with Crippen LogP contribution in [-0.4, -0.2) is 40.7 Å². The number of amides is 1. The normalized spacial score (nSPS) is 13.3. The number of carbonyl (C=O) groups excluding carboxylic acids is 1. The molecule has 0 unspecified atom stereocenters. The molecule has 1 aromatic carbocycles. The number of methoxy groups -OCH3 is 1. The van der Waals surface area contributed by atoms with Gasteiger partial charge in [0, 0.05) is 18.5 Å². The van der Waals surface area contributed by atoms with Gasteiger partial charge in [-0.25, -0.2) is 4.98 Å². The first-order valence-corrected chi connectivity index (χ1v) is 12.0. The summed E-state index contributed by atoms with van der Waals surface area (Å²) in [7, 11) is 3.43. The van der Waals surface area contributed by atoms with Crippen LogP contribution < -0.4 is 10.3 Å². The minimum atomic E-state index is -0.0436. The number of ether oxygens (including phenoxy) is 1. The van der Waals surface area contributed by atoms with Gasteiger partial charge in [-0.1, -0.05) is 12.1 Å². The Morgan fingerprint density at radius 2 is 2.03 bits per heavy atom. The van der Waals surface area contributed by atoms with Gasteiger partial charge in [-0.2, -0.15) is 0 Å². The van der Waals surface area contributed by atoms with Crippen LogP contribution in [0, 0.1) is 0 Å². The summed E-state index contributed by atoms with van der Waals surface area (Å²) in [5.41, 5.74) is 2.21. The maximum atomic E-state index is 12.6. The molecule has 2 heterocycles. The van der Waals surface area contributed by atoms with Gasteiger partial charge in [0.25, 0.3) is 5.56 Å². The molecule has 0 bridgehead atoms. The third-order valence-electron chi connectivity index (χ3n) is 5.34. The molecule has 3 aromatic rings. The van der Waals surface area contributed by atoms with E-state index in [0.717, 1.165) is 40.8 Å². The predicted octanol–water partition coefficient (Wildman–Crippen LogP) is 3.76. The quantitative estimate of drug-likeness (QED) is 0.602. The molecule has 158 valence electrons. The molecule has 1 aliphatic carbocycles. The van der Waals surface area contributed by atoms with Gasteiger partial charge in [0.15, 0.2) is 0 Å². The number of hydrogen-bond acceptors (Lipinski definition) is 6. The van der Waals surface area contributed by atoms with Gasteiger partial charge in [-0.15, -0.1) is 23.1 Å². The molecule has 8 heteroatoms. The zero-order valence-electron chi connectivity index (χ0n) is 17.2. The Bertz CT molecular complexity index is 1110. The smallest absolute Gasteiger partial charge is 0.259 e. The number of benzene rings is 1. The number of thioether (sulfide) groups is 1. The van der Waals surface area contributed by atoms with E-state index in [2.05, 4.69) is 9.97 Å². The Kier molecular flexibility index (Phi) is 6.43. The predicted molar refractivity (Wildman–Crippen MR) is 123 cm³/mol. The number of fused-ring (bicyclic) bond motifs is 3. The Hall–Kier alpha value is -2.32. The lowest BCUT2D eigenvalue weighted by Gasteiger charge is -2.17. The number of H-pyrrole nitrogens is 1. The fourth-order valence-electron chi connectivity index (χ4n) is 3.72. The van der Waals surface area contributed by atoms with Crippen LogP contribution >= 0.6 is 23.1 Å². The van der Waals surface area contributed by atoms with Crippen molar-refractivity contribution >= 4 is 39.2 Å². The fraction of sp³-hybridized carbons (Fsp3) is 0.409. The summed E-state index contributed by atoms with van der Waals surface area (Å²) in [6.45, 7) is 0.547. The number of hydrogen-bond donors (Lipinski definition) is 1. The molecule has 0 radical (unpaired) electrons. The first kappa shape index (κ1) is 20.9. The Balaban J connectivity index is 1.34. The molecular formula is C22H25N3O3S2. The Morgan fingerprint density at radius 3 is 2.80 bits per heavy atom. The summed E-state index contributed by atoms with van der Waals surface area (Å²) in [6.07, 6.45) is 4.35. The lowest BCUT2D eigenvalue weighted by molar-refractivity contribution is -0.127. The van der Waals surface area contributed by atoms with Crippen LogP contribution in [0.4, 0.5) is 0 Å². The summed E-state index contributed by atoms with van der Waals surface area (Å²) in [5, 5.41) is 0.777. The average Bonchev–Trinajstić information content (AvgIpc) is 3.13. The number of aromatic amines is 1. The molecule has 1 amide bonds. The van der Waals surface area contributed by atoms with Crippen molar-refractivity contribution < 1.29 is 9.53 Å². The van der Waals surface area contributed by atoms with Crippen molar-refractivity contribution in [3.8, 4) is 5.75 Å². The van der Waals surface area contributed by atoms with Crippen molar-refractivity contribution in [2.24, 2.45) is 0 Å². The van der Waals surface area contributed by atoms with Gasteiger partial charge in [0.05, 0.1) is 24.0 Å². The van der Waals surface area contributed by atoms with Crippen molar-refractivity contribution in [1.82, 2.24) is 14.9 Å². The van der Waals surface area contributed by atoms with Crippen molar-refractivity contribution in [2.75, 3.05) is 19.9 Å². The van der Waals surface area contributed by atoms with Gasteiger partial charge in [0.1, 0.15) is 16.4 Å². The van der Waals surface area contributed by atoms with Crippen LogP contribution in [0.25, 0.3) is 10.2 Å². The minimum absolute atomic E-state index is 0.0436. The van der Waals surface area contributed by atoms with E-state index in [1.807, 2.05) is 24.3 Å². The van der Waals surface area contributed by atoms with Gasteiger partial charge >= 0.3 is 0 Å². The number of nitrogens with zero attached hydrogens (tertiary/aromatic N) is 2. The first-order chi connectivity index (χ1) is 14.5. The molecule has 0 spiro atoms. The molecule has 30 heavy (non-hydrogen) atoms. The molecular weight excluding hydrogens is 418 g/mol. The summed E-state index contributed by atoms with van der Waals surface area (Å²) in [6, 6.07) is 7.70. The highest BCUT2D eigenvalue weighted by Gasteiger charge is 2.20. The summed E-state index contributed by atoms with van der Waals surface area (Å²) in [5.74, 6) is 2.34. The van der Waals surface area contributed by atoms with Crippen LogP contribution in [0.15, 0.2) is 29.1 Å². The molecule has 4 rings (SSSR count). The molecule has 6 nitrogen and oxygen atoms in total. The van der Waals surface area contributed by atoms with Gasteiger partial charge < -0.3 is 14.6 Å². The SMILES string of the molecule is COc1ccc(CN(C)C(=O)CSCc2nc3sc4c(c3c(=O)[nH]2)CCCC4)cc1. The highest BCUT2D eigenvalue weighted by atomic mass is 32.2. The Labute approximate surface area is 183 Å². The Morgan fingerprint density at radius 1 is 1.27 bits per heavy atom. The number of nitrogens with one attached hydrogen (secondary N) is 1. The van der Waals surface area contributed by atoms with Gasteiger partial charge in [0.2, 0.25) is 5.91 Å². The minimum Gasteiger partial charge on any atom is -0.497 e. The molecule has 0 fully saturated rings. The summed E-state index contributed by atoms with van der Waals surface area (Å²) in [4.78, 5) is 36.5. The maximum Gasteiger partial charge on any atom is 0.259 e. The molecule has 2 aromatic heterocycles. The van der Waals surface area contributed by atoms with Crippen LogP contribution in [0.1, 0.15) is 34.7 Å². The van der Waals surface area contributed by atoms with E-state index in [1.54, 1.807) is 30.4 Å². The molecule has 0 atom stereocenters. The number of rotatable bonds is 7. The van der Waals surface area contributed by atoms with E-state index in [-0.39, 0.29) is 11.5 Å². The van der Waals surface area contributed by atoms with Crippen LogP contribution in [0.5, 0.6) is 5.75 Å². The van der Waals surface area contributed by atoms with Crippen molar-refractivity contribution in [3.05, 3.63) is 56.4 Å². The molecule has 1 aliphatic rings. The second kappa shape index (κ2) is 9.22. The zero-order chi connectivity index (χ0) is 21.1. The monoisotopic (exact) mass is 443 g/mol. The number of thiophene rings is 1. The van der Waals surface area contributed by atoms with Gasteiger partial charge in [-0.05, 0) is 48.9 Å². The number of aromatic nitrogens is 2. The fourth-order valence-corrected chi connectivity index (χ4v) is 5.82. The highest BCUT2D eigenvalue weighted by Crippen LogP contribution is 2.33. The second-order valence-corrected chi connectivity index (χ2v) is 9.56. The van der Waals surface area contributed by atoms with E-state index in [0.29, 0.717) is 23.9 Å². The largest absolute Gasteiger partial charge is 0.497 e. The van der Waals surface area contributed by atoms with Crippen molar-refractivity contribution in [2.45, 2.75) is 38.0 Å². The summed E-state index contributed by atoms with van der Waals surface area (Å²) >= 11 is 3.12. The van der Waals surface area contributed by atoms with E-state index >= 15 is 0 Å². The molecule has 0 saturated carbocycles. The van der Waals surface area contributed by atoms with Crippen LogP contribution in [0.3, 0.4) is 0 Å². The van der Waals surface area contributed by atoms with E-state index in [9.17, 15) is 9.59 Å². The topological polar surface area (TPSA) is 75.3 Å². The molecule has 0 aliphatic heterocycles. The van der Waals surface area contributed by atoms with E-state index in [4.69, 9.17) is 4.74 Å². The molecule has 1 N–H and O–H groups in total. The standard InChI is InChI=1S/C22H25N3O3S2/c1-25(11-14-7-9-15(28-2)10-8-14)19(26)13-29-12-18-23-21(27)20-16-5-3-4-6-17(16)30-22(20)24-18/h7-10H,3-6,11-13H2,1-2H3,(H,23,24,27). The third-order valence-corrected chi connectivity index (χ3v) is 7.46. The first-order valence-electron chi connectivity index (χ1n) is 10.0. The lowest BCUT2D eigenvalue weighted by Crippen LogP contribution is -2.27. The van der Waals surface area contributed by atoms with Crippen LogP contribution in [0.2, 0.25) is 0 Å². The van der Waals surface area contributed by atoms with Gasteiger partial charge in [-0.3, -0.25) is 9.59 Å². The van der Waals surface area contributed by atoms with E-state index in [1.165, 1.54) is 28.6 Å². The third kappa shape index (κ3) is 4.54. The average molecular weight is 444 g/mol. The number of carbonyl (C=O) groups is 1. The maximum absolute atomic E-state index is 12.6. The van der Waals surface area contributed by atoms with Crippen molar-refractivity contribution in [1.29, 1.82) is 0 Å². The zero-order valence-corrected chi connectivity index (χ0v) is 18.8. The highest BCUT2D eigenvalue weighted by molar-refractivity contribution is 7.99. The van der Waals surface area contributed by atoms with Crippen molar-refractivity contribution in [3.63, 3.8) is 0 Å². The van der Waals surface area contributed by atoms with Crippen LogP contribution in [-0.2, 0) is 29.9 Å². The molecule has 0 saturated heterocycles. The second-order valence-electron chi connectivity index (χ2n) is 7.49. The lowest BCUT2D eigenvalue weighted by atomic mass is 9.97.